The van der Waals surface area contributed by atoms with E-state index < -0.39 is 30.8 Å². The van der Waals surface area contributed by atoms with E-state index in [1.807, 2.05) is 0 Å². The minimum absolute atomic E-state index is 0.329. The van der Waals surface area contributed by atoms with E-state index >= 15 is 0 Å². The number of aliphatic hydroxyl groups excluding tert-OH is 4. The van der Waals surface area contributed by atoms with E-state index in [0.717, 1.165) is 0 Å². The highest BCUT2D eigenvalue weighted by atomic mass is 16.3. The summed E-state index contributed by atoms with van der Waals surface area (Å²) in [5.74, 6) is -0.487. The molecule has 0 aromatic carbocycles. The van der Waals surface area contributed by atoms with Crippen LogP contribution in [-0.4, -0.2) is 58.4 Å². The van der Waals surface area contributed by atoms with Gasteiger partial charge >= 0.3 is 0 Å². The van der Waals surface area contributed by atoms with Gasteiger partial charge in [-0.25, -0.2) is 0 Å². The maximum atomic E-state index is 9.38. The van der Waals surface area contributed by atoms with Crippen molar-refractivity contribution in [2.45, 2.75) is 18.3 Å². The van der Waals surface area contributed by atoms with Crippen LogP contribution in [0.3, 0.4) is 0 Å². The zero-order valence-electron chi connectivity index (χ0n) is 6.72. The highest BCUT2D eigenvalue weighted by molar-refractivity contribution is 4.87. The lowest BCUT2D eigenvalue weighted by atomic mass is 9.89. The first-order chi connectivity index (χ1) is 5.66. The van der Waals surface area contributed by atoms with Crippen molar-refractivity contribution in [1.29, 1.82) is 0 Å². The van der Waals surface area contributed by atoms with E-state index in [9.17, 15) is 15.3 Å². The summed E-state index contributed by atoms with van der Waals surface area (Å²) in [7, 11) is 0. The number of hydrogen-bond donors (Lipinski definition) is 5. The van der Waals surface area contributed by atoms with Crippen molar-refractivity contribution in [3.63, 3.8) is 0 Å². The Morgan fingerprint density at radius 1 is 1.33 bits per heavy atom. The fraction of sp³-hybridized carbons (Fsp3) is 1.00. The van der Waals surface area contributed by atoms with Crippen molar-refractivity contribution in [3.05, 3.63) is 0 Å². The summed E-state index contributed by atoms with van der Waals surface area (Å²) in [5, 5.41) is 39.2. The van der Waals surface area contributed by atoms with Gasteiger partial charge in [0.1, 0.15) is 0 Å². The van der Waals surface area contributed by atoms with Crippen molar-refractivity contribution >= 4 is 0 Å². The first-order valence-corrected chi connectivity index (χ1v) is 4.02. The Morgan fingerprint density at radius 2 is 2.00 bits per heavy atom. The topological polar surface area (TPSA) is 93.0 Å². The third-order valence-electron chi connectivity index (χ3n) is 2.25. The molecule has 0 bridgehead atoms. The number of rotatable bonds is 2. The van der Waals surface area contributed by atoms with Crippen LogP contribution in [-0.2, 0) is 0 Å². The summed E-state index contributed by atoms with van der Waals surface area (Å²) in [4.78, 5) is 0. The minimum Gasteiger partial charge on any atom is -0.394 e. The molecule has 1 aliphatic rings. The van der Waals surface area contributed by atoms with Crippen LogP contribution in [0.25, 0.3) is 0 Å². The van der Waals surface area contributed by atoms with E-state index in [0.29, 0.717) is 13.1 Å². The molecule has 0 saturated carbocycles. The summed E-state index contributed by atoms with van der Waals surface area (Å²) >= 11 is 0. The SMILES string of the molecule is OC[C@@H](O)[C@H]1CNC[C@@H](O)[C@@H]1O. The van der Waals surface area contributed by atoms with E-state index in [1.165, 1.54) is 0 Å². The first kappa shape index (κ1) is 9.88. The zero-order valence-corrected chi connectivity index (χ0v) is 6.72. The van der Waals surface area contributed by atoms with Gasteiger partial charge in [-0.1, -0.05) is 0 Å². The third-order valence-corrected chi connectivity index (χ3v) is 2.25. The van der Waals surface area contributed by atoms with Crippen LogP contribution in [0.1, 0.15) is 0 Å². The Labute approximate surface area is 70.6 Å². The molecule has 0 amide bonds. The maximum Gasteiger partial charge on any atom is 0.0927 e. The van der Waals surface area contributed by atoms with E-state index in [2.05, 4.69) is 5.32 Å². The molecule has 1 aliphatic heterocycles. The minimum atomic E-state index is -0.970. The quantitative estimate of drug-likeness (QED) is 0.316. The van der Waals surface area contributed by atoms with Crippen LogP contribution in [0.5, 0.6) is 0 Å². The van der Waals surface area contributed by atoms with E-state index in [4.69, 9.17) is 5.11 Å². The average Bonchev–Trinajstić information content (AvgIpc) is 2.08. The summed E-state index contributed by atoms with van der Waals surface area (Å²) < 4.78 is 0. The summed E-state index contributed by atoms with van der Waals surface area (Å²) in [6.45, 7) is 0.353. The average molecular weight is 177 g/mol. The van der Waals surface area contributed by atoms with Crippen LogP contribution in [0.4, 0.5) is 0 Å². The molecular weight excluding hydrogens is 162 g/mol. The Bertz CT molecular complexity index is 143. The molecule has 72 valence electrons. The molecule has 0 aromatic heterocycles. The molecule has 5 heteroatoms. The molecule has 1 saturated heterocycles. The van der Waals surface area contributed by atoms with E-state index in [1.54, 1.807) is 0 Å². The lowest BCUT2D eigenvalue weighted by Gasteiger charge is -2.34. The zero-order chi connectivity index (χ0) is 9.14. The van der Waals surface area contributed by atoms with Crippen LogP contribution in [0, 0.1) is 5.92 Å². The van der Waals surface area contributed by atoms with Crippen LogP contribution in [0.2, 0.25) is 0 Å². The van der Waals surface area contributed by atoms with Crippen molar-refractivity contribution < 1.29 is 20.4 Å². The first-order valence-electron chi connectivity index (χ1n) is 4.02. The molecule has 1 fully saturated rings. The molecule has 0 aliphatic carbocycles. The lowest BCUT2D eigenvalue weighted by Crippen LogP contribution is -2.54. The van der Waals surface area contributed by atoms with E-state index in [-0.39, 0.29) is 0 Å². The van der Waals surface area contributed by atoms with Gasteiger partial charge in [0, 0.05) is 19.0 Å². The molecule has 5 nitrogen and oxygen atoms in total. The number of piperidine rings is 1. The van der Waals surface area contributed by atoms with Gasteiger partial charge in [-0.2, -0.15) is 0 Å². The Kier molecular flexibility index (Phi) is 3.42. The molecule has 1 heterocycles. The predicted octanol–water partition coefficient (Wildman–Crippen LogP) is -2.72. The Balaban J connectivity index is 2.51. The molecule has 5 N–H and O–H groups in total. The van der Waals surface area contributed by atoms with Gasteiger partial charge in [0.25, 0.3) is 0 Å². The summed E-state index contributed by atoms with van der Waals surface area (Å²) in [6.07, 6.45) is -2.78. The largest absolute Gasteiger partial charge is 0.394 e. The fourth-order valence-electron chi connectivity index (χ4n) is 1.42. The number of hydrogen-bond acceptors (Lipinski definition) is 5. The van der Waals surface area contributed by atoms with Gasteiger partial charge in [-0.05, 0) is 0 Å². The highest BCUT2D eigenvalue weighted by Crippen LogP contribution is 2.15. The van der Waals surface area contributed by atoms with Gasteiger partial charge < -0.3 is 25.7 Å². The molecule has 1 rings (SSSR count). The predicted molar refractivity (Wildman–Crippen MR) is 41.5 cm³/mol. The maximum absolute atomic E-state index is 9.38. The smallest absolute Gasteiger partial charge is 0.0927 e. The molecule has 4 atom stereocenters. The second kappa shape index (κ2) is 4.15. The fourth-order valence-corrected chi connectivity index (χ4v) is 1.42. The summed E-state index contributed by atoms with van der Waals surface area (Å²) in [5.41, 5.74) is 0. The second-order valence-corrected chi connectivity index (χ2v) is 3.13. The van der Waals surface area contributed by atoms with Gasteiger partial charge in [-0.3, -0.25) is 0 Å². The van der Waals surface area contributed by atoms with Crippen LogP contribution >= 0.6 is 0 Å². The second-order valence-electron chi connectivity index (χ2n) is 3.13. The Hall–Kier alpha value is -0.200. The number of nitrogens with one attached hydrogen (secondary N) is 1. The standard InChI is InChI=1S/C7H15NO4/c9-3-6(11)4-1-8-2-5(10)7(4)12/h4-12H,1-3H2/t4-,5-,6-,7-/m1/s1. The molecule has 0 aromatic rings. The normalized spacial score (nSPS) is 39.5. The number of β-amino-alcohol motifs (C(OH)–C–C–N with tert-alkyl or cyclic N) is 1. The number of aliphatic hydroxyl groups is 4. The molecule has 12 heavy (non-hydrogen) atoms. The van der Waals surface area contributed by atoms with Gasteiger partial charge in [-0.15, -0.1) is 0 Å². The van der Waals surface area contributed by atoms with Crippen molar-refractivity contribution in [1.82, 2.24) is 5.32 Å². The van der Waals surface area contributed by atoms with Crippen molar-refractivity contribution in [2.75, 3.05) is 19.7 Å². The molecule has 0 radical (unpaired) electrons. The molecule has 0 unspecified atom stereocenters. The molecular formula is C7H15NO4. The van der Waals surface area contributed by atoms with Gasteiger partial charge in [0.15, 0.2) is 0 Å². The highest BCUT2D eigenvalue weighted by Gasteiger charge is 2.34. The molecule has 0 spiro atoms. The van der Waals surface area contributed by atoms with Crippen LogP contribution < -0.4 is 5.32 Å². The van der Waals surface area contributed by atoms with Gasteiger partial charge in [0.05, 0.1) is 24.9 Å². The Morgan fingerprint density at radius 3 is 2.58 bits per heavy atom. The lowest BCUT2D eigenvalue weighted by molar-refractivity contribution is -0.0842. The monoisotopic (exact) mass is 177 g/mol. The third kappa shape index (κ3) is 1.94. The van der Waals surface area contributed by atoms with Gasteiger partial charge in [0.2, 0.25) is 0 Å². The van der Waals surface area contributed by atoms with Crippen molar-refractivity contribution in [2.24, 2.45) is 5.92 Å². The summed E-state index contributed by atoms with van der Waals surface area (Å²) in [6, 6.07) is 0. The van der Waals surface area contributed by atoms with Crippen LogP contribution in [0.15, 0.2) is 0 Å². The van der Waals surface area contributed by atoms with Crippen molar-refractivity contribution in [3.8, 4) is 0 Å².